The maximum atomic E-state index is 9.86. The van der Waals surface area contributed by atoms with Crippen LogP contribution in [-0.4, -0.2) is 42.4 Å². The summed E-state index contributed by atoms with van der Waals surface area (Å²) in [5.74, 6) is 1.00. The van der Waals surface area contributed by atoms with Crippen LogP contribution in [0.5, 0.6) is 5.75 Å². The van der Waals surface area contributed by atoms with Gasteiger partial charge >= 0.3 is 0 Å². The highest BCUT2D eigenvalue weighted by molar-refractivity contribution is 5.44. The normalized spacial score (nSPS) is 33.5. The average Bonchev–Trinajstić information content (AvgIpc) is 2.46. The Kier molecular flexibility index (Phi) is 3.74. The Labute approximate surface area is 127 Å². The van der Waals surface area contributed by atoms with Gasteiger partial charge in [-0.15, -0.1) is 0 Å². The van der Waals surface area contributed by atoms with Crippen molar-refractivity contribution in [3.63, 3.8) is 0 Å². The number of nitrogens with zero attached hydrogens (tertiary/aromatic N) is 1. The van der Waals surface area contributed by atoms with Crippen LogP contribution in [-0.2, 0) is 16.6 Å². The van der Waals surface area contributed by atoms with E-state index in [1.807, 2.05) is 12.1 Å². The van der Waals surface area contributed by atoms with Gasteiger partial charge in [0.15, 0.2) is 0 Å². The van der Waals surface area contributed by atoms with Gasteiger partial charge in [-0.2, -0.15) is 0 Å². The lowest BCUT2D eigenvalue weighted by molar-refractivity contribution is -0.00624. The van der Waals surface area contributed by atoms with Gasteiger partial charge in [-0.3, -0.25) is 4.90 Å². The summed E-state index contributed by atoms with van der Waals surface area (Å²) in [6, 6.07) is 6.52. The van der Waals surface area contributed by atoms with Gasteiger partial charge in [0.1, 0.15) is 5.75 Å². The minimum Gasteiger partial charge on any atom is -0.508 e. The average molecular weight is 289 g/mol. The van der Waals surface area contributed by atoms with Crippen LogP contribution in [0.2, 0.25) is 0 Å². The Bertz CT molecular complexity index is 530. The SMILES string of the molecule is CO[C@@H](C)CN1CC[C@]2(C)c3cc(O)ccc3C[C@H]1C2C. The number of methoxy groups -OCH3 is 1. The smallest absolute Gasteiger partial charge is 0.115 e. The summed E-state index contributed by atoms with van der Waals surface area (Å²) in [7, 11) is 1.79. The van der Waals surface area contributed by atoms with E-state index in [4.69, 9.17) is 4.74 Å². The number of piperidine rings is 1. The Morgan fingerprint density at radius 3 is 2.95 bits per heavy atom. The summed E-state index contributed by atoms with van der Waals surface area (Å²) < 4.78 is 5.46. The summed E-state index contributed by atoms with van der Waals surface area (Å²) >= 11 is 0. The van der Waals surface area contributed by atoms with E-state index < -0.39 is 0 Å². The first-order valence-electron chi connectivity index (χ1n) is 8.05. The van der Waals surface area contributed by atoms with Gasteiger partial charge in [0, 0.05) is 19.7 Å². The van der Waals surface area contributed by atoms with E-state index in [-0.39, 0.29) is 11.5 Å². The molecule has 2 bridgehead atoms. The summed E-state index contributed by atoms with van der Waals surface area (Å²) in [6.45, 7) is 9.02. The number of likely N-dealkylation sites (tertiary alicyclic amines) is 1. The molecule has 1 aromatic rings. The van der Waals surface area contributed by atoms with Gasteiger partial charge in [-0.05, 0) is 60.9 Å². The van der Waals surface area contributed by atoms with Crippen LogP contribution in [0.1, 0.15) is 38.3 Å². The molecule has 116 valence electrons. The van der Waals surface area contributed by atoms with Crippen molar-refractivity contribution in [1.29, 1.82) is 0 Å². The van der Waals surface area contributed by atoms with Crippen LogP contribution in [0.25, 0.3) is 0 Å². The second-order valence-corrected chi connectivity index (χ2v) is 7.11. The maximum absolute atomic E-state index is 9.86. The van der Waals surface area contributed by atoms with Crippen LogP contribution in [0.4, 0.5) is 0 Å². The quantitative estimate of drug-likeness (QED) is 0.928. The van der Waals surface area contributed by atoms with Crippen molar-refractivity contribution in [2.24, 2.45) is 5.92 Å². The molecule has 1 aromatic carbocycles. The molecule has 4 atom stereocenters. The summed E-state index contributed by atoms with van der Waals surface area (Å²) in [6.07, 6.45) is 2.52. The van der Waals surface area contributed by atoms with E-state index in [2.05, 4.69) is 31.7 Å². The minimum absolute atomic E-state index is 0.184. The van der Waals surface area contributed by atoms with Crippen molar-refractivity contribution < 1.29 is 9.84 Å². The molecular formula is C18H27NO2. The molecule has 1 N–H and O–H groups in total. The zero-order valence-corrected chi connectivity index (χ0v) is 13.6. The number of benzene rings is 1. The molecule has 1 aliphatic carbocycles. The van der Waals surface area contributed by atoms with Gasteiger partial charge in [0.2, 0.25) is 0 Å². The van der Waals surface area contributed by atoms with Crippen LogP contribution < -0.4 is 0 Å². The lowest BCUT2D eigenvalue weighted by Crippen LogP contribution is -2.59. The fourth-order valence-corrected chi connectivity index (χ4v) is 4.33. The number of ether oxygens (including phenoxy) is 1. The molecule has 1 heterocycles. The Balaban J connectivity index is 1.94. The largest absolute Gasteiger partial charge is 0.508 e. The second-order valence-electron chi connectivity index (χ2n) is 7.11. The Morgan fingerprint density at radius 1 is 1.48 bits per heavy atom. The number of hydrogen-bond donors (Lipinski definition) is 1. The van der Waals surface area contributed by atoms with Crippen molar-refractivity contribution >= 4 is 0 Å². The molecule has 0 radical (unpaired) electrons. The molecule has 1 unspecified atom stereocenters. The molecule has 1 saturated heterocycles. The van der Waals surface area contributed by atoms with Gasteiger partial charge in [-0.1, -0.05) is 19.9 Å². The van der Waals surface area contributed by atoms with Gasteiger partial charge in [0.25, 0.3) is 0 Å². The number of hydrogen-bond acceptors (Lipinski definition) is 3. The van der Waals surface area contributed by atoms with Crippen molar-refractivity contribution in [2.45, 2.75) is 51.2 Å². The molecule has 0 saturated carbocycles. The highest BCUT2D eigenvalue weighted by Crippen LogP contribution is 2.49. The molecule has 0 amide bonds. The van der Waals surface area contributed by atoms with Crippen molar-refractivity contribution in [3.05, 3.63) is 29.3 Å². The van der Waals surface area contributed by atoms with Gasteiger partial charge < -0.3 is 9.84 Å². The third-order valence-corrected chi connectivity index (χ3v) is 6.00. The topological polar surface area (TPSA) is 32.7 Å². The first-order valence-corrected chi connectivity index (χ1v) is 8.05. The lowest BCUT2D eigenvalue weighted by Gasteiger charge is -2.55. The molecule has 3 nitrogen and oxygen atoms in total. The van der Waals surface area contributed by atoms with Crippen LogP contribution in [0.15, 0.2) is 18.2 Å². The molecule has 21 heavy (non-hydrogen) atoms. The standard InChI is InChI=1S/C18H27NO2/c1-12(21-4)11-19-8-7-18(3)13(2)17(19)9-14-5-6-15(20)10-16(14)18/h5-6,10,12-13,17,20H,7-9,11H2,1-4H3/t12-,13?,17-,18-/m0/s1. The number of phenols is 1. The lowest BCUT2D eigenvalue weighted by atomic mass is 9.59. The molecule has 3 rings (SSSR count). The van der Waals surface area contributed by atoms with E-state index in [0.29, 0.717) is 17.7 Å². The second kappa shape index (κ2) is 5.29. The Hall–Kier alpha value is -1.06. The highest BCUT2D eigenvalue weighted by Gasteiger charge is 2.48. The predicted octanol–water partition coefficient (Wildman–Crippen LogP) is 2.95. The number of aromatic hydroxyl groups is 1. The predicted molar refractivity (Wildman–Crippen MR) is 84.8 cm³/mol. The zero-order valence-electron chi connectivity index (χ0n) is 13.6. The third kappa shape index (κ3) is 2.36. The summed E-state index contributed by atoms with van der Waals surface area (Å²) in [5, 5.41) is 9.86. The fourth-order valence-electron chi connectivity index (χ4n) is 4.33. The first kappa shape index (κ1) is 14.9. The van der Waals surface area contributed by atoms with Crippen molar-refractivity contribution in [1.82, 2.24) is 4.90 Å². The third-order valence-electron chi connectivity index (χ3n) is 6.00. The van der Waals surface area contributed by atoms with Crippen LogP contribution >= 0.6 is 0 Å². The summed E-state index contributed by atoms with van der Waals surface area (Å²) in [5.41, 5.74) is 2.96. The van der Waals surface area contributed by atoms with Gasteiger partial charge in [-0.25, -0.2) is 0 Å². The molecule has 1 aliphatic heterocycles. The number of rotatable bonds is 3. The maximum Gasteiger partial charge on any atom is 0.115 e. The fraction of sp³-hybridized carbons (Fsp3) is 0.667. The van der Waals surface area contributed by atoms with E-state index in [0.717, 1.165) is 25.9 Å². The molecule has 0 aromatic heterocycles. The molecule has 1 fully saturated rings. The van der Waals surface area contributed by atoms with Crippen molar-refractivity contribution in [3.8, 4) is 5.75 Å². The van der Waals surface area contributed by atoms with Gasteiger partial charge in [0.05, 0.1) is 6.10 Å². The molecule has 2 aliphatic rings. The van der Waals surface area contributed by atoms with E-state index in [9.17, 15) is 5.11 Å². The molecule has 0 spiro atoms. The minimum atomic E-state index is 0.184. The van der Waals surface area contributed by atoms with Crippen LogP contribution in [0.3, 0.4) is 0 Å². The number of fused-ring (bicyclic) bond motifs is 4. The molecular weight excluding hydrogens is 262 g/mol. The van der Waals surface area contributed by atoms with E-state index >= 15 is 0 Å². The number of phenolic OH excluding ortho intramolecular Hbond substituents is 1. The highest BCUT2D eigenvalue weighted by atomic mass is 16.5. The van der Waals surface area contributed by atoms with Crippen molar-refractivity contribution in [2.75, 3.05) is 20.2 Å². The molecule has 3 heteroatoms. The summed E-state index contributed by atoms with van der Waals surface area (Å²) in [4.78, 5) is 2.61. The van der Waals surface area contributed by atoms with Crippen LogP contribution in [0, 0.1) is 5.92 Å². The first-order chi connectivity index (χ1) is 9.95. The van der Waals surface area contributed by atoms with E-state index in [1.54, 1.807) is 7.11 Å². The monoisotopic (exact) mass is 289 g/mol. The van der Waals surface area contributed by atoms with E-state index in [1.165, 1.54) is 11.1 Å². The zero-order chi connectivity index (χ0) is 15.2. The Morgan fingerprint density at radius 2 is 2.24 bits per heavy atom.